The van der Waals surface area contributed by atoms with E-state index in [9.17, 15) is 9.18 Å². The number of allylic oxidation sites excluding steroid dienone is 1. The van der Waals surface area contributed by atoms with Gasteiger partial charge >= 0.3 is 0 Å². The van der Waals surface area contributed by atoms with Gasteiger partial charge in [0.2, 0.25) is 0 Å². The van der Waals surface area contributed by atoms with E-state index in [1.165, 1.54) is 6.08 Å². The first-order chi connectivity index (χ1) is 11.2. The molecule has 0 heterocycles. The second kappa shape index (κ2) is 8.96. The Hall–Kier alpha value is -2.33. The largest absolute Gasteiger partial charge is 0.493 e. The lowest BCUT2D eigenvalue weighted by molar-refractivity contribution is 0.104. The fourth-order valence-electron chi connectivity index (χ4n) is 1.82. The second-order valence-corrected chi connectivity index (χ2v) is 5.20. The summed E-state index contributed by atoms with van der Waals surface area (Å²) >= 11 is 5.80. The van der Waals surface area contributed by atoms with Crippen molar-refractivity contribution in [3.8, 4) is 5.75 Å². The van der Waals surface area contributed by atoms with Gasteiger partial charge in [0, 0.05) is 35.0 Å². The highest BCUT2D eigenvalue weighted by molar-refractivity contribution is 6.30. The molecule has 2 rings (SSSR count). The smallest absolute Gasteiger partial charge is 0.187 e. The molecule has 0 radical (unpaired) electrons. The van der Waals surface area contributed by atoms with Crippen LogP contribution in [-0.4, -0.2) is 19.1 Å². The van der Waals surface area contributed by atoms with Crippen molar-refractivity contribution in [2.75, 3.05) is 18.6 Å². The summed E-state index contributed by atoms with van der Waals surface area (Å²) < 4.78 is 17.3. The van der Waals surface area contributed by atoms with E-state index in [2.05, 4.69) is 5.32 Å². The summed E-state index contributed by atoms with van der Waals surface area (Å²) in [4.78, 5) is 12.0. The first kappa shape index (κ1) is 17.0. The number of alkyl halides is 1. The number of carbonyl (C=O) groups is 1. The Bertz CT molecular complexity index is 654. The van der Waals surface area contributed by atoms with Gasteiger partial charge in [-0.1, -0.05) is 11.6 Å². The SMILES string of the molecule is O=C(C=CNc1ccc(Cl)cc1)c1ccc(OCCCF)cc1. The Morgan fingerprint density at radius 3 is 2.48 bits per heavy atom. The number of hydrogen-bond acceptors (Lipinski definition) is 3. The summed E-state index contributed by atoms with van der Waals surface area (Å²) in [6, 6.07) is 13.9. The molecule has 0 saturated carbocycles. The standard InChI is InChI=1S/C18H17ClFNO2/c19-15-4-6-16(7-5-15)21-12-10-18(22)14-2-8-17(9-3-14)23-13-1-11-20/h2-10,12,21H,1,11,13H2. The minimum atomic E-state index is -0.401. The van der Waals surface area contributed by atoms with E-state index in [4.69, 9.17) is 16.3 Å². The van der Waals surface area contributed by atoms with Crippen LogP contribution in [0.25, 0.3) is 0 Å². The van der Waals surface area contributed by atoms with Gasteiger partial charge in [0.1, 0.15) is 5.75 Å². The molecule has 120 valence electrons. The lowest BCUT2D eigenvalue weighted by Gasteiger charge is -2.05. The van der Waals surface area contributed by atoms with E-state index >= 15 is 0 Å². The van der Waals surface area contributed by atoms with Crippen LogP contribution in [-0.2, 0) is 0 Å². The Morgan fingerprint density at radius 2 is 1.83 bits per heavy atom. The third-order valence-electron chi connectivity index (χ3n) is 3.01. The molecular weight excluding hydrogens is 317 g/mol. The van der Waals surface area contributed by atoms with Crippen molar-refractivity contribution in [1.82, 2.24) is 0 Å². The Balaban J connectivity index is 1.87. The van der Waals surface area contributed by atoms with Crippen molar-refractivity contribution >= 4 is 23.1 Å². The van der Waals surface area contributed by atoms with Crippen LogP contribution in [0, 0.1) is 0 Å². The van der Waals surface area contributed by atoms with Crippen molar-refractivity contribution in [3.05, 3.63) is 71.4 Å². The minimum absolute atomic E-state index is 0.123. The molecular formula is C18H17ClFNO2. The number of benzene rings is 2. The topological polar surface area (TPSA) is 38.3 Å². The number of halogens is 2. The number of carbonyl (C=O) groups excluding carboxylic acids is 1. The van der Waals surface area contributed by atoms with Crippen LogP contribution < -0.4 is 10.1 Å². The Kier molecular flexibility index (Phi) is 6.63. The number of anilines is 1. The average Bonchev–Trinajstić information content (AvgIpc) is 2.57. The molecule has 1 N–H and O–H groups in total. The van der Waals surface area contributed by atoms with Gasteiger partial charge in [-0.3, -0.25) is 9.18 Å². The number of ether oxygens (including phenoxy) is 1. The van der Waals surface area contributed by atoms with Gasteiger partial charge in [-0.25, -0.2) is 0 Å². The lowest BCUT2D eigenvalue weighted by atomic mass is 10.1. The van der Waals surface area contributed by atoms with E-state index < -0.39 is 6.67 Å². The zero-order valence-corrected chi connectivity index (χ0v) is 13.2. The van der Waals surface area contributed by atoms with E-state index in [1.807, 2.05) is 12.1 Å². The predicted molar refractivity (Wildman–Crippen MR) is 91.1 cm³/mol. The summed E-state index contributed by atoms with van der Waals surface area (Å²) in [6.45, 7) is -0.0727. The van der Waals surface area contributed by atoms with Gasteiger partial charge in [-0.2, -0.15) is 0 Å². The maximum absolute atomic E-state index is 12.0. The normalized spacial score (nSPS) is 10.7. The zero-order valence-electron chi connectivity index (χ0n) is 12.5. The zero-order chi connectivity index (χ0) is 16.5. The van der Waals surface area contributed by atoms with Crippen LogP contribution in [0.3, 0.4) is 0 Å². The molecule has 0 aliphatic heterocycles. The molecule has 0 unspecified atom stereocenters. The molecule has 0 fully saturated rings. The number of hydrogen-bond donors (Lipinski definition) is 1. The molecule has 0 aliphatic rings. The molecule has 2 aromatic carbocycles. The highest BCUT2D eigenvalue weighted by Crippen LogP contribution is 2.15. The van der Waals surface area contributed by atoms with Crippen LogP contribution >= 0.6 is 11.6 Å². The summed E-state index contributed by atoms with van der Waals surface area (Å²) in [5.74, 6) is 0.500. The number of ketones is 1. The molecule has 0 bridgehead atoms. The summed E-state index contributed by atoms with van der Waals surface area (Å²) in [6.07, 6.45) is 3.39. The van der Waals surface area contributed by atoms with Crippen LogP contribution in [0.1, 0.15) is 16.8 Å². The lowest BCUT2D eigenvalue weighted by Crippen LogP contribution is -1.99. The minimum Gasteiger partial charge on any atom is -0.493 e. The fraction of sp³-hybridized carbons (Fsp3) is 0.167. The fourth-order valence-corrected chi connectivity index (χ4v) is 1.94. The molecule has 0 saturated heterocycles. The van der Waals surface area contributed by atoms with Crippen LogP contribution in [0.4, 0.5) is 10.1 Å². The van der Waals surface area contributed by atoms with Crippen molar-refractivity contribution in [2.45, 2.75) is 6.42 Å². The Morgan fingerprint density at radius 1 is 1.13 bits per heavy atom. The van der Waals surface area contributed by atoms with Crippen molar-refractivity contribution in [1.29, 1.82) is 0 Å². The van der Waals surface area contributed by atoms with E-state index in [0.29, 0.717) is 29.4 Å². The van der Waals surface area contributed by atoms with Crippen molar-refractivity contribution in [2.24, 2.45) is 0 Å². The molecule has 0 atom stereocenters. The third kappa shape index (κ3) is 5.75. The van der Waals surface area contributed by atoms with Gasteiger partial charge in [0.25, 0.3) is 0 Å². The van der Waals surface area contributed by atoms with Crippen molar-refractivity contribution < 1.29 is 13.9 Å². The molecule has 0 amide bonds. The first-order valence-electron chi connectivity index (χ1n) is 7.21. The van der Waals surface area contributed by atoms with Crippen LogP contribution in [0.2, 0.25) is 5.02 Å². The van der Waals surface area contributed by atoms with Crippen LogP contribution in [0.15, 0.2) is 60.8 Å². The highest BCUT2D eigenvalue weighted by Gasteiger charge is 2.02. The third-order valence-corrected chi connectivity index (χ3v) is 3.27. The molecule has 0 aliphatic carbocycles. The van der Waals surface area contributed by atoms with Gasteiger partial charge in [-0.15, -0.1) is 0 Å². The maximum atomic E-state index is 12.0. The first-order valence-corrected chi connectivity index (χ1v) is 7.58. The molecule has 0 spiro atoms. The second-order valence-electron chi connectivity index (χ2n) is 4.76. The van der Waals surface area contributed by atoms with Gasteiger partial charge < -0.3 is 10.1 Å². The summed E-state index contributed by atoms with van der Waals surface area (Å²) in [5.41, 5.74) is 1.40. The monoisotopic (exact) mass is 333 g/mol. The van der Waals surface area contributed by atoms with E-state index in [-0.39, 0.29) is 5.78 Å². The quantitative estimate of drug-likeness (QED) is 0.425. The molecule has 5 heteroatoms. The molecule has 0 aromatic heterocycles. The van der Waals surface area contributed by atoms with Gasteiger partial charge in [-0.05, 0) is 48.5 Å². The van der Waals surface area contributed by atoms with Gasteiger partial charge in [0.05, 0.1) is 13.3 Å². The summed E-state index contributed by atoms with van der Waals surface area (Å²) in [5, 5.41) is 3.65. The molecule has 3 nitrogen and oxygen atoms in total. The van der Waals surface area contributed by atoms with Gasteiger partial charge in [0.15, 0.2) is 5.78 Å². The van der Waals surface area contributed by atoms with Crippen LogP contribution in [0.5, 0.6) is 5.75 Å². The number of nitrogens with one attached hydrogen (secondary N) is 1. The van der Waals surface area contributed by atoms with E-state index in [1.54, 1.807) is 42.6 Å². The Labute approximate surface area is 139 Å². The van der Waals surface area contributed by atoms with E-state index in [0.717, 1.165) is 5.69 Å². The maximum Gasteiger partial charge on any atom is 0.187 e. The van der Waals surface area contributed by atoms with Crippen molar-refractivity contribution in [3.63, 3.8) is 0 Å². The number of rotatable bonds is 8. The average molecular weight is 334 g/mol. The highest BCUT2D eigenvalue weighted by atomic mass is 35.5. The molecule has 2 aromatic rings. The predicted octanol–water partition coefficient (Wildman–Crippen LogP) is 4.89. The molecule has 23 heavy (non-hydrogen) atoms. The summed E-state index contributed by atoms with van der Waals surface area (Å²) in [7, 11) is 0.